The van der Waals surface area contributed by atoms with Crippen molar-refractivity contribution in [2.75, 3.05) is 25.0 Å². The van der Waals surface area contributed by atoms with Gasteiger partial charge in [0, 0.05) is 30.1 Å². The molecule has 0 aliphatic carbocycles. The molecule has 1 aromatic carbocycles. The lowest BCUT2D eigenvalue weighted by atomic mass is 9.95. The molecule has 2 saturated heterocycles. The predicted octanol–water partition coefficient (Wildman–Crippen LogP) is 5.73. The van der Waals surface area contributed by atoms with Gasteiger partial charge < -0.3 is 19.9 Å². The van der Waals surface area contributed by atoms with Gasteiger partial charge in [-0.3, -0.25) is 9.69 Å². The van der Waals surface area contributed by atoms with Gasteiger partial charge in [0.15, 0.2) is 6.29 Å². The molecule has 2 aromatic rings. The number of aryl methyl sites for hydroxylation is 2. The number of carbonyl (C=O) groups is 1. The number of fused-ring (bicyclic) bond motifs is 1. The highest BCUT2D eigenvalue weighted by molar-refractivity contribution is 5.76. The van der Waals surface area contributed by atoms with Gasteiger partial charge in [-0.15, -0.1) is 0 Å². The summed E-state index contributed by atoms with van der Waals surface area (Å²) in [6, 6.07) is 5.53. The average Bonchev–Trinajstić information content (AvgIpc) is 3.42. The summed E-state index contributed by atoms with van der Waals surface area (Å²) in [7, 11) is 0. The Labute approximate surface area is 233 Å². The number of benzene rings is 1. The van der Waals surface area contributed by atoms with Crippen molar-refractivity contribution in [2.45, 2.75) is 89.2 Å². The number of carboxylic acids is 1. The number of unbranched alkanes of at least 4 members (excludes halogenated alkanes) is 1. The molecule has 3 aliphatic rings. The van der Waals surface area contributed by atoms with E-state index in [4.69, 9.17) is 9.47 Å². The Kier molecular flexibility index (Phi) is 8.97. The summed E-state index contributed by atoms with van der Waals surface area (Å²) in [4.78, 5) is 18.5. The van der Waals surface area contributed by atoms with E-state index in [1.807, 2.05) is 13.0 Å². The van der Waals surface area contributed by atoms with Gasteiger partial charge in [0.1, 0.15) is 17.7 Å². The van der Waals surface area contributed by atoms with Crippen molar-refractivity contribution in [3.05, 3.63) is 58.5 Å². The maximum atomic E-state index is 15.6. The number of hydrogen-bond acceptors (Lipinski definition) is 6. The zero-order chi connectivity index (χ0) is 28.3. The number of aliphatic carboxylic acids is 1. The zero-order valence-electron chi connectivity index (χ0n) is 22.9. The van der Waals surface area contributed by atoms with Gasteiger partial charge in [0.25, 0.3) is 5.92 Å². The van der Waals surface area contributed by atoms with Crippen LogP contribution in [0.3, 0.4) is 0 Å². The molecule has 4 atom stereocenters. The molecule has 2 N–H and O–H groups in total. The summed E-state index contributed by atoms with van der Waals surface area (Å²) in [5.74, 6) is -3.95. The Bertz CT molecular complexity index is 1200. The molecule has 1 aromatic heterocycles. The van der Waals surface area contributed by atoms with E-state index in [0.717, 1.165) is 30.9 Å². The van der Waals surface area contributed by atoms with E-state index in [2.05, 4.69) is 16.4 Å². The van der Waals surface area contributed by atoms with Crippen LogP contribution in [0.4, 0.5) is 19.0 Å². The molecule has 4 heterocycles. The van der Waals surface area contributed by atoms with E-state index in [0.29, 0.717) is 32.3 Å². The first-order valence-corrected chi connectivity index (χ1v) is 14.3. The topological polar surface area (TPSA) is 83.9 Å². The van der Waals surface area contributed by atoms with E-state index in [1.165, 1.54) is 28.7 Å². The number of hydrogen-bond donors (Lipinski definition) is 2. The summed E-state index contributed by atoms with van der Waals surface area (Å²) in [6.45, 7) is 3.38. The number of anilines is 1. The summed E-state index contributed by atoms with van der Waals surface area (Å²) in [5.41, 5.74) is 2.29. The fraction of sp³-hybridized carbons (Fsp3) is 0.600. The van der Waals surface area contributed by atoms with Gasteiger partial charge in [0.05, 0.1) is 19.3 Å². The minimum absolute atomic E-state index is 0.0682. The van der Waals surface area contributed by atoms with Gasteiger partial charge in [0.2, 0.25) is 0 Å². The van der Waals surface area contributed by atoms with E-state index >= 15 is 8.78 Å². The van der Waals surface area contributed by atoms with Crippen molar-refractivity contribution in [1.82, 2.24) is 9.88 Å². The predicted molar refractivity (Wildman–Crippen MR) is 144 cm³/mol. The molecule has 218 valence electrons. The Balaban J connectivity index is 1.24. The molecule has 7 nitrogen and oxygen atoms in total. The van der Waals surface area contributed by atoms with Gasteiger partial charge in [-0.2, -0.15) is 0 Å². The van der Waals surface area contributed by atoms with Crippen molar-refractivity contribution >= 4 is 11.8 Å². The van der Waals surface area contributed by atoms with Crippen LogP contribution in [-0.4, -0.2) is 58.9 Å². The quantitative estimate of drug-likeness (QED) is 0.321. The lowest BCUT2D eigenvalue weighted by molar-refractivity contribution is -0.258. The maximum Gasteiger partial charge on any atom is 0.325 e. The van der Waals surface area contributed by atoms with Crippen molar-refractivity contribution in [2.24, 2.45) is 5.92 Å². The van der Waals surface area contributed by atoms with Gasteiger partial charge in [-0.25, -0.2) is 18.2 Å². The number of alkyl halides is 2. The van der Waals surface area contributed by atoms with E-state index in [9.17, 15) is 14.3 Å². The number of likely N-dealkylation sites (tertiary alicyclic amines) is 1. The highest BCUT2D eigenvalue weighted by Gasteiger charge is 2.49. The van der Waals surface area contributed by atoms with E-state index < -0.39 is 36.1 Å². The van der Waals surface area contributed by atoms with Crippen LogP contribution in [0.2, 0.25) is 0 Å². The third-order valence-electron chi connectivity index (χ3n) is 8.32. The Hall–Kier alpha value is -2.69. The maximum absolute atomic E-state index is 15.6. The van der Waals surface area contributed by atoms with Gasteiger partial charge in [-0.05, 0) is 74.8 Å². The average molecular weight is 562 g/mol. The third kappa shape index (κ3) is 6.29. The van der Waals surface area contributed by atoms with E-state index in [-0.39, 0.29) is 43.0 Å². The van der Waals surface area contributed by atoms with Gasteiger partial charge >= 0.3 is 5.97 Å². The second-order valence-corrected chi connectivity index (χ2v) is 11.2. The van der Waals surface area contributed by atoms with Crippen LogP contribution in [0.15, 0.2) is 30.3 Å². The molecule has 3 unspecified atom stereocenters. The van der Waals surface area contributed by atoms with Crippen molar-refractivity contribution in [3.63, 3.8) is 0 Å². The third-order valence-corrected chi connectivity index (χ3v) is 8.32. The lowest BCUT2D eigenvalue weighted by Gasteiger charge is -2.36. The summed E-state index contributed by atoms with van der Waals surface area (Å²) >= 11 is 0. The van der Waals surface area contributed by atoms with Crippen LogP contribution in [0, 0.1) is 11.7 Å². The van der Waals surface area contributed by atoms with Crippen LogP contribution >= 0.6 is 0 Å². The summed E-state index contributed by atoms with van der Waals surface area (Å²) in [6.07, 6.45) is 3.32. The number of aromatic nitrogens is 1. The van der Waals surface area contributed by atoms with Crippen LogP contribution in [0.25, 0.3) is 0 Å². The Morgan fingerprint density at radius 2 is 2.12 bits per heavy atom. The lowest BCUT2D eigenvalue weighted by Crippen LogP contribution is -2.47. The standard InChI is InChI=1S/C30H38F3N3O4/c1-19-17-39-29(19)40-18-23-22(9-4-10-24(23)31)26(28(37)38)36-16-6-11-25(36)30(32,33)14-3-2-8-21-13-12-20-7-5-15-34-27(20)35-21/h4,9-10,12-13,19,25-26,29H,2-3,5-8,11,14-18H2,1H3,(H,34,35)(H,37,38)/t19?,25-,26?,29?/m1/s1. The molecule has 40 heavy (non-hydrogen) atoms. The Morgan fingerprint density at radius 1 is 1.27 bits per heavy atom. The second-order valence-electron chi connectivity index (χ2n) is 11.2. The van der Waals surface area contributed by atoms with Crippen molar-refractivity contribution in [1.29, 1.82) is 0 Å². The highest BCUT2D eigenvalue weighted by atomic mass is 19.3. The number of rotatable bonds is 12. The van der Waals surface area contributed by atoms with Crippen LogP contribution in [0.5, 0.6) is 0 Å². The molecular formula is C30H38F3N3O4. The zero-order valence-corrected chi connectivity index (χ0v) is 22.9. The fourth-order valence-electron chi connectivity index (χ4n) is 6.08. The van der Waals surface area contributed by atoms with Crippen molar-refractivity contribution in [3.8, 4) is 0 Å². The molecule has 0 saturated carbocycles. The Morgan fingerprint density at radius 3 is 2.88 bits per heavy atom. The molecule has 10 heteroatoms. The normalized spacial score (nSPS) is 23.8. The van der Waals surface area contributed by atoms with Crippen LogP contribution in [0.1, 0.15) is 73.9 Å². The first-order valence-electron chi connectivity index (χ1n) is 14.3. The number of ether oxygens (including phenoxy) is 2. The molecule has 3 aliphatic heterocycles. The minimum Gasteiger partial charge on any atom is -0.480 e. The number of nitrogens with zero attached hydrogens (tertiary/aromatic N) is 2. The molecule has 0 spiro atoms. The number of nitrogens with one attached hydrogen (secondary N) is 1. The summed E-state index contributed by atoms with van der Waals surface area (Å²) in [5, 5.41) is 13.5. The first-order chi connectivity index (χ1) is 19.2. The number of pyridine rings is 1. The van der Waals surface area contributed by atoms with E-state index in [1.54, 1.807) is 0 Å². The monoisotopic (exact) mass is 561 g/mol. The number of carboxylic acid groups (broad SMARTS) is 1. The van der Waals surface area contributed by atoms with Gasteiger partial charge in [-0.1, -0.05) is 25.1 Å². The molecule has 0 bridgehead atoms. The minimum atomic E-state index is -3.09. The van der Waals surface area contributed by atoms with Crippen LogP contribution in [-0.2, 0) is 33.7 Å². The fourth-order valence-corrected chi connectivity index (χ4v) is 6.08. The van der Waals surface area contributed by atoms with Crippen LogP contribution < -0.4 is 5.32 Å². The first kappa shape index (κ1) is 28.8. The molecule has 2 fully saturated rings. The molecular weight excluding hydrogens is 523 g/mol. The molecule has 0 radical (unpaired) electrons. The number of halogens is 3. The molecule has 5 rings (SSSR count). The smallest absolute Gasteiger partial charge is 0.325 e. The second kappa shape index (κ2) is 12.4. The SMILES string of the molecule is CC1COC1OCc1c(F)cccc1C(C(=O)O)N1CCC[C@@H]1C(F)(F)CCCCc1ccc2c(n1)NCCC2. The molecule has 0 amide bonds. The van der Waals surface area contributed by atoms with Crippen molar-refractivity contribution < 1.29 is 32.5 Å². The largest absolute Gasteiger partial charge is 0.480 e. The summed E-state index contributed by atoms with van der Waals surface area (Å²) < 4.78 is 57.2. The highest BCUT2D eigenvalue weighted by Crippen LogP contribution is 2.41.